The number of hydrogen-bond acceptors (Lipinski definition) is 6. The van der Waals surface area contributed by atoms with Gasteiger partial charge in [0.2, 0.25) is 5.91 Å². The molecule has 1 aromatic carbocycles. The number of ether oxygens (including phenoxy) is 2. The molecule has 0 aliphatic carbocycles. The molecule has 0 aromatic heterocycles. The molecule has 1 amide bonds. The van der Waals surface area contributed by atoms with E-state index in [4.69, 9.17) is 20.3 Å². The van der Waals surface area contributed by atoms with Gasteiger partial charge in [-0.2, -0.15) is 0 Å². The fourth-order valence-electron chi connectivity index (χ4n) is 2.24. The number of para-hydroxylation sites is 1. The quantitative estimate of drug-likeness (QED) is 0.374. The van der Waals surface area contributed by atoms with Crippen molar-refractivity contribution in [2.75, 3.05) is 19.8 Å². The highest BCUT2D eigenvalue weighted by molar-refractivity contribution is 5.81. The van der Waals surface area contributed by atoms with Gasteiger partial charge in [-0.3, -0.25) is 4.79 Å². The maximum absolute atomic E-state index is 12.0. The minimum Gasteiger partial charge on any atom is -0.432 e. The molecule has 7 heteroatoms. The van der Waals surface area contributed by atoms with Crippen LogP contribution in [0.3, 0.4) is 0 Å². The number of amides is 1. The number of aliphatic hydroxyl groups is 1. The first-order chi connectivity index (χ1) is 11.8. The van der Waals surface area contributed by atoms with E-state index in [1.165, 1.54) is 0 Å². The van der Waals surface area contributed by atoms with Gasteiger partial charge in [0.1, 0.15) is 18.4 Å². The highest BCUT2D eigenvalue weighted by atomic mass is 16.7. The third-order valence-electron chi connectivity index (χ3n) is 3.66. The van der Waals surface area contributed by atoms with Crippen molar-refractivity contribution >= 4 is 12.1 Å². The third kappa shape index (κ3) is 6.36. The fraction of sp³-hybridized carbons (Fsp3) is 0.556. The largest absolute Gasteiger partial charge is 0.513 e. The van der Waals surface area contributed by atoms with E-state index >= 15 is 0 Å². The van der Waals surface area contributed by atoms with Gasteiger partial charge >= 0.3 is 6.16 Å². The van der Waals surface area contributed by atoms with Gasteiger partial charge in [-0.15, -0.1) is 0 Å². The lowest BCUT2D eigenvalue weighted by atomic mass is 9.94. The van der Waals surface area contributed by atoms with E-state index in [1.54, 1.807) is 0 Å². The number of nitrogens with one attached hydrogen (secondary N) is 1. The zero-order valence-corrected chi connectivity index (χ0v) is 15.2. The first kappa shape index (κ1) is 20.9. The average Bonchev–Trinajstić information content (AvgIpc) is 2.57. The normalized spacial score (nSPS) is 12.2. The van der Waals surface area contributed by atoms with E-state index in [1.807, 2.05) is 45.9 Å². The Balaban J connectivity index is 2.64. The lowest BCUT2D eigenvalue weighted by Gasteiger charge is -2.18. The van der Waals surface area contributed by atoms with Gasteiger partial charge in [-0.05, 0) is 23.0 Å². The van der Waals surface area contributed by atoms with Crippen LogP contribution in [0.1, 0.15) is 50.7 Å². The fourth-order valence-corrected chi connectivity index (χ4v) is 2.24. The molecule has 1 atom stereocenters. The molecule has 1 rings (SSSR count). The highest BCUT2D eigenvalue weighted by Crippen LogP contribution is 2.34. The molecule has 4 N–H and O–H groups in total. The monoisotopic (exact) mass is 352 g/mol. The van der Waals surface area contributed by atoms with Crippen molar-refractivity contribution in [1.82, 2.24) is 5.32 Å². The Hall–Kier alpha value is -2.12. The molecule has 25 heavy (non-hydrogen) atoms. The summed E-state index contributed by atoms with van der Waals surface area (Å²) >= 11 is 0. The smallest absolute Gasteiger partial charge is 0.432 e. The molecule has 0 aliphatic heterocycles. The molecule has 0 saturated heterocycles. The summed E-state index contributed by atoms with van der Waals surface area (Å²) in [6.45, 7) is 7.69. The van der Waals surface area contributed by atoms with Crippen LogP contribution in [-0.4, -0.2) is 43.0 Å². The van der Waals surface area contributed by atoms with Crippen molar-refractivity contribution in [2.45, 2.75) is 45.6 Å². The lowest BCUT2D eigenvalue weighted by molar-refractivity contribution is -0.123. The van der Waals surface area contributed by atoms with Crippen molar-refractivity contribution in [3.05, 3.63) is 29.3 Å². The molecular weight excluding hydrogens is 324 g/mol. The zero-order chi connectivity index (χ0) is 19.0. The summed E-state index contributed by atoms with van der Waals surface area (Å²) in [6.07, 6.45) is -0.823. The van der Waals surface area contributed by atoms with Crippen molar-refractivity contribution in [1.29, 1.82) is 0 Å². The molecule has 140 valence electrons. The van der Waals surface area contributed by atoms with Crippen LogP contribution in [0.25, 0.3) is 0 Å². The molecule has 1 aromatic rings. The van der Waals surface area contributed by atoms with Crippen LogP contribution in [0, 0.1) is 0 Å². The summed E-state index contributed by atoms with van der Waals surface area (Å²) in [5.41, 5.74) is 7.23. The Kier molecular flexibility index (Phi) is 8.37. The third-order valence-corrected chi connectivity index (χ3v) is 3.66. The molecular formula is C18H28N2O5. The lowest BCUT2D eigenvalue weighted by Crippen LogP contribution is -2.44. The molecule has 0 heterocycles. The number of carbonyl (C=O) groups excluding carboxylic acids is 2. The van der Waals surface area contributed by atoms with E-state index < -0.39 is 24.7 Å². The Labute approximate surface area is 148 Å². The summed E-state index contributed by atoms with van der Waals surface area (Å²) in [5.74, 6) is 0.414. The Morgan fingerprint density at radius 2 is 1.72 bits per heavy atom. The van der Waals surface area contributed by atoms with Crippen molar-refractivity contribution in [2.24, 2.45) is 5.73 Å². The SMILES string of the molecule is CC(C)c1cccc(C(C)C)c1OC(=O)OCCNC(=O)[C@@H](N)CO. The van der Waals surface area contributed by atoms with Gasteiger partial charge in [0.05, 0.1) is 13.2 Å². The first-order valence-corrected chi connectivity index (χ1v) is 8.39. The van der Waals surface area contributed by atoms with E-state index in [0.29, 0.717) is 5.75 Å². The molecule has 0 aliphatic rings. The van der Waals surface area contributed by atoms with E-state index in [9.17, 15) is 9.59 Å². The van der Waals surface area contributed by atoms with Gasteiger partial charge in [0.25, 0.3) is 0 Å². The predicted molar refractivity (Wildman–Crippen MR) is 94.7 cm³/mol. The Bertz CT molecular complexity index is 561. The summed E-state index contributed by atoms with van der Waals surface area (Å²) in [6, 6.07) is 4.81. The van der Waals surface area contributed by atoms with E-state index in [2.05, 4.69) is 5.32 Å². The van der Waals surface area contributed by atoms with Crippen molar-refractivity contribution in [3.8, 4) is 5.75 Å². The summed E-state index contributed by atoms with van der Waals surface area (Å²) in [7, 11) is 0. The zero-order valence-electron chi connectivity index (χ0n) is 15.2. The number of rotatable bonds is 8. The number of aliphatic hydroxyl groups excluding tert-OH is 1. The van der Waals surface area contributed by atoms with Crippen LogP contribution < -0.4 is 15.8 Å². The van der Waals surface area contributed by atoms with Crippen LogP contribution >= 0.6 is 0 Å². The predicted octanol–water partition coefficient (Wildman–Crippen LogP) is 1.88. The average molecular weight is 352 g/mol. The standard InChI is InChI=1S/C18H28N2O5/c1-11(2)13-6-5-7-14(12(3)4)16(13)25-18(23)24-9-8-20-17(22)15(19)10-21/h5-7,11-12,15,21H,8-10,19H2,1-4H3,(H,20,22)/t15-/m0/s1. The first-order valence-electron chi connectivity index (χ1n) is 8.39. The van der Waals surface area contributed by atoms with Crippen LogP contribution in [-0.2, 0) is 9.53 Å². The molecule has 0 spiro atoms. The van der Waals surface area contributed by atoms with Gasteiger partial charge < -0.3 is 25.6 Å². The molecule has 0 bridgehead atoms. The van der Waals surface area contributed by atoms with Gasteiger partial charge in [0, 0.05) is 0 Å². The van der Waals surface area contributed by atoms with Crippen LogP contribution in [0.15, 0.2) is 18.2 Å². The number of benzene rings is 1. The van der Waals surface area contributed by atoms with Crippen molar-refractivity contribution in [3.63, 3.8) is 0 Å². The van der Waals surface area contributed by atoms with Gasteiger partial charge in [0.15, 0.2) is 0 Å². The van der Waals surface area contributed by atoms with Crippen LogP contribution in [0.4, 0.5) is 4.79 Å². The molecule has 0 radical (unpaired) electrons. The maximum Gasteiger partial charge on any atom is 0.513 e. The second kappa shape index (κ2) is 10.0. The Morgan fingerprint density at radius 1 is 1.16 bits per heavy atom. The second-order valence-electron chi connectivity index (χ2n) is 6.36. The number of hydrogen-bond donors (Lipinski definition) is 3. The maximum atomic E-state index is 12.0. The minimum atomic E-state index is -0.988. The highest BCUT2D eigenvalue weighted by Gasteiger charge is 2.19. The molecule has 0 fully saturated rings. The molecule has 7 nitrogen and oxygen atoms in total. The van der Waals surface area contributed by atoms with Crippen molar-refractivity contribution < 1.29 is 24.2 Å². The van der Waals surface area contributed by atoms with Crippen LogP contribution in [0.5, 0.6) is 5.75 Å². The van der Waals surface area contributed by atoms with Gasteiger partial charge in [-0.25, -0.2) is 4.79 Å². The molecule has 0 saturated carbocycles. The number of nitrogens with two attached hydrogens (primary N) is 1. The summed E-state index contributed by atoms with van der Waals surface area (Å²) in [4.78, 5) is 23.4. The topological polar surface area (TPSA) is 111 Å². The number of carbonyl (C=O) groups is 2. The van der Waals surface area contributed by atoms with E-state index in [-0.39, 0.29) is 25.0 Å². The Morgan fingerprint density at radius 3 is 2.20 bits per heavy atom. The van der Waals surface area contributed by atoms with E-state index in [0.717, 1.165) is 11.1 Å². The van der Waals surface area contributed by atoms with Gasteiger partial charge in [-0.1, -0.05) is 45.9 Å². The second-order valence-corrected chi connectivity index (χ2v) is 6.36. The van der Waals surface area contributed by atoms with Crippen LogP contribution in [0.2, 0.25) is 0 Å². The summed E-state index contributed by atoms with van der Waals surface area (Å²) < 4.78 is 10.4. The minimum absolute atomic E-state index is 0.0520. The summed E-state index contributed by atoms with van der Waals surface area (Å²) in [5, 5.41) is 11.2. The molecule has 0 unspecified atom stereocenters.